The van der Waals surface area contributed by atoms with Crippen molar-refractivity contribution in [2.45, 2.75) is 58.9 Å². The van der Waals surface area contributed by atoms with Crippen LogP contribution >= 0.6 is 0 Å². The van der Waals surface area contributed by atoms with E-state index in [1.54, 1.807) is 0 Å². The van der Waals surface area contributed by atoms with E-state index in [-0.39, 0.29) is 0 Å². The summed E-state index contributed by atoms with van der Waals surface area (Å²) in [5, 5.41) is 9.60. The summed E-state index contributed by atoms with van der Waals surface area (Å²) in [7, 11) is 0. The first-order chi connectivity index (χ1) is 7.97. The molecule has 0 aromatic heterocycles. The lowest BCUT2D eigenvalue weighted by atomic mass is 9.72. The summed E-state index contributed by atoms with van der Waals surface area (Å²) in [5.41, 5.74) is -0.588. The van der Waals surface area contributed by atoms with E-state index in [2.05, 4.69) is 32.6 Å². The quantitative estimate of drug-likeness (QED) is 0.804. The predicted octanol–water partition coefficient (Wildman–Crippen LogP) is 3.00. The third kappa shape index (κ3) is 2.82. The lowest BCUT2D eigenvalue weighted by molar-refractivity contribution is -0.155. The highest BCUT2D eigenvalue weighted by molar-refractivity contribution is 5.79. The Balaban J connectivity index is 2.80. The summed E-state index contributed by atoms with van der Waals surface area (Å²) in [6, 6.07) is 0. The van der Waals surface area contributed by atoms with Crippen LogP contribution in [0, 0.1) is 11.8 Å². The van der Waals surface area contributed by atoms with Crippen LogP contribution in [0.25, 0.3) is 0 Å². The van der Waals surface area contributed by atoms with Crippen molar-refractivity contribution in [1.29, 1.82) is 0 Å². The molecule has 0 aromatic rings. The van der Waals surface area contributed by atoms with E-state index in [4.69, 9.17) is 0 Å². The number of carboxylic acid groups (broad SMARTS) is 1. The Bertz CT molecular complexity index is 251. The van der Waals surface area contributed by atoms with Crippen LogP contribution in [0.1, 0.15) is 53.4 Å². The molecule has 1 aliphatic carbocycles. The third-order valence-electron chi connectivity index (χ3n) is 4.57. The molecule has 0 spiro atoms. The number of hydrogen-bond donors (Lipinski definition) is 1. The Morgan fingerprint density at radius 3 is 2.06 bits per heavy atom. The first-order valence-electron chi connectivity index (χ1n) is 6.96. The smallest absolute Gasteiger partial charge is 0.324 e. The number of hydrogen-bond acceptors (Lipinski definition) is 2. The van der Waals surface area contributed by atoms with Crippen molar-refractivity contribution >= 4 is 5.97 Å². The zero-order chi connectivity index (χ0) is 13.1. The van der Waals surface area contributed by atoms with E-state index in [0.717, 1.165) is 38.8 Å². The van der Waals surface area contributed by atoms with Gasteiger partial charge < -0.3 is 5.11 Å². The first-order valence-corrected chi connectivity index (χ1v) is 6.96. The Kier molecular flexibility index (Phi) is 4.99. The minimum Gasteiger partial charge on any atom is -0.480 e. The highest BCUT2D eigenvalue weighted by Gasteiger charge is 2.45. The molecule has 0 bridgehead atoms. The van der Waals surface area contributed by atoms with Gasteiger partial charge in [-0.1, -0.05) is 27.7 Å². The molecule has 0 aromatic carbocycles. The molecule has 0 heterocycles. The van der Waals surface area contributed by atoms with Gasteiger partial charge in [0, 0.05) is 0 Å². The molecule has 100 valence electrons. The SMILES string of the molecule is CCN(CC)C1(C(=O)O)CCC(C(C)C)CC1. The number of rotatable bonds is 5. The van der Waals surface area contributed by atoms with Crippen LogP contribution in [0.4, 0.5) is 0 Å². The van der Waals surface area contributed by atoms with Crippen LogP contribution in [-0.2, 0) is 4.79 Å². The van der Waals surface area contributed by atoms with Crippen molar-refractivity contribution < 1.29 is 9.90 Å². The van der Waals surface area contributed by atoms with Crippen molar-refractivity contribution in [2.75, 3.05) is 13.1 Å². The van der Waals surface area contributed by atoms with Crippen LogP contribution in [0.5, 0.6) is 0 Å². The van der Waals surface area contributed by atoms with E-state index in [9.17, 15) is 9.90 Å². The number of likely N-dealkylation sites (N-methyl/N-ethyl adjacent to an activating group) is 1. The molecule has 3 heteroatoms. The number of carbonyl (C=O) groups is 1. The fourth-order valence-corrected chi connectivity index (χ4v) is 3.28. The van der Waals surface area contributed by atoms with Crippen LogP contribution in [-0.4, -0.2) is 34.6 Å². The van der Waals surface area contributed by atoms with E-state index in [0.29, 0.717) is 11.8 Å². The standard InChI is InChI=1S/C14H27NO2/c1-5-15(6-2)14(13(16)17)9-7-12(8-10-14)11(3)4/h11-12H,5-10H2,1-4H3,(H,16,17). The number of aliphatic carboxylic acids is 1. The highest BCUT2D eigenvalue weighted by Crippen LogP contribution is 2.39. The maximum absolute atomic E-state index is 11.7. The maximum Gasteiger partial charge on any atom is 0.324 e. The Labute approximate surface area is 105 Å². The summed E-state index contributed by atoms with van der Waals surface area (Å²) in [6.07, 6.45) is 3.74. The summed E-state index contributed by atoms with van der Waals surface area (Å²) in [4.78, 5) is 13.8. The average molecular weight is 241 g/mol. The lowest BCUT2D eigenvalue weighted by Gasteiger charge is -2.45. The minimum absolute atomic E-state index is 0.588. The molecular weight excluding hydrogens is 214 g/mol. The molecule has 0 amide bonds. The van der Waals surface area contributed by atoms with Crippen LogP contribution in [0.2, 0.25) is 0 Å². The molecule has 0 saturated heterocycles. The molecule has 1 aliphatic rings. The van der Waals surface area contributed by atoms with Gasteiger partial charge >= 0.3 is 5.97 Å². The molecule has 0 radical (unpaired) electrons. The van der Waals surface area contributed by atoms with Gasteiger partial charge in [-0.25, -0.2) is 0 Å². The van der Waals surface area contributed by atoms with Gasteiger partial charge in [0.25, 0.3) is 0 Å². The molecule has 17 heavy (non-hydrogen) atoms. The van der Waals surface area contributed by atoms with Gasteiger partial charge in [-0.3, -0.25) is 9.69 Å². The van der Waals surface area contributed by atoms with Crippen molar-refractivity contribution in [2.24, 2.45) is 11.8 Å². The fourth-order valence-electron chi connectivity index (χ4n) is 3.28. The maximum atomic E-state index is 11.7. The number of nitrogens with zero attached hydrogens (tertiary/aromatic N) is 1. The molecule has 0 atom stereocenters. The first kappa shape index (κ1) is 14.5. The topological polar surface area (TPSA) is 40.5 Å². The van der Waals surface area contributed by atoms with Crippen molar-refractivity contribution in [3.8, 4) is 0 Å². The molecule has 0 aliphatic heterocycles. The van der Waals surface area contributed by atoms with E-state index >= 15 is 0 Å². The zero-order valence-electron chi connectivity index (χ0n) is 11.7. The van der Waals surface area contributed by atoms with E-state index in [1.807, 2.05) is 0 Å². The largest absolute Gasteiger partial charge is 0.480 e. The fraction of sp³-hybridized carbons (Fsp3) is 0.929. The number of carboxylic acids is 1. The van der Waals surface area contributed by atoms with Gasteiger partial charge in [-0.15, -0.1) is 0 Å². The predicted molar refractivity (Wildman–Crippen MR) is 70.1 cm³/mol. The van der Waals surface area contributed by atoms with Crippen LogP contribution < -0.4 is 0 Å². The van der Waals surface area contributed by atoms with Crippen molar-refractivity contribution in [1.82, 2.24) is 4.90 Å². The van der Waals surface area contributed by atoms with Crippen LogP contribution in [0.15, 0.2) is 0 Å². The zero-order valence-corrected chi connectivity index (χ0v) is 11.7. The summed E-state index contributed by atoms with van der Waals surface area (Å²) >= 11 is 0. The minimum atomic E-state index is -0.622. The van der Waals surface area contributed by atoms with Gasteiger partial charge in [0.15, 0.2) is 0 Å². The second-order valence-electron chi connectivity index (χ2n) is 5.59. The second kappa shape index (κ2) is 5.85. The van der Waals surface area contributed by atoms with Crippen molar-refractivity contribution in [3.63, 3.8) is 0 Å². The Morgan fingerprint density at radius 2 is 1.76 bits per heavy atom. The van der Waals surface area contributed by atoms with Gasteiger partial charge in [-0.05, 0) is 50.6 Å². The highest BCUT2D eigenvalue weighted by atomic mass is 16.4. The lowest BCUT2D eigenvalue weighted by Crippen LogP contribution is -2.56. The molecule has 1 N–H and O–H groups in total. The second-order valence-corrected chi connectivity index (χ2v) is 5.59. The molecular formula is C14H27NO2. The summed E-state index contributed by atoms with van der Waals surface area (Å²) in [5.74, 6) is 0.764. The molecule has 3 nitrogen and oxygen atoms in total. The van der Waals surface area contributed by atoms with Gasteiger partial charge in [0.05, 0.1) is 0 Å². The molecule has 0 unspecified atom stereocenters. The monoisotopic (exact) mass is 241 g/mol. The van der Waals surface area contributed by atoms with E-state index in [1.165, 1.54) is 0 Å². The van der Waals surface area contributed by atoms with E-state index < -0.39 is 11.5 Å². The Morgan fingerprint density at radius 1 is 1.29 bits per heavy atom. The summed E-state index contributed by atoms with van der Waals surface area (Å²) in [6.45, 7) is 10.3. The normalized spacial score (nSPS) is 29.9. The molecule has 1 saturated carbocycles. The molecule has 1 fully saturated rings. The third-order valence-corrected chi connectivity index (χ3v) is 4.57. The average Bonchev–Trinajstić information content (AvgIpc) is 2.30. The van der Waals surface area contributed by atoms with Crippen LogP contribution in [0.3, 0.4) is 0 Å². The van der Waals surface area contributed by atoms with Gasteiger partial charge in [0.2, 0.25) is 0 Å². The summed E-state index contributed by atoms with van der Waals surface area (Å²) < 4.78 is 0. The van der Waals surface area contributed by atoms with Gasteiger partial charge in [0.1, 0.15) is 5.54 Å². The van der Waals surface area contributed by atoms with Gasteiger partial charge in [-0.2, -0.15) is 0 Å². The van der Waals surface area contributed by atoms with Crippen molar-refractivity contribution in [3.05, 3.63) is 0 Å². The molecule has 1 rings (SSSR count). The Hall–Kier alpha value is -0.570.